The summed E-state index contributed by atoms with van der Waals surface area (Å²) >= 11 is 0. The van der Waals surface area contributed by atoms with E-state index in [-0.39, 0.29) is 6.10 Å². The maximum atomic E-state index is 10.5. The number of aliphatic hydroxyl groups excluding tert-OH is 2. The summed E-state index contributed by atoms with van der Waals surface area (Å²) in [6.07, 6.45) is 15.2. The fourth-order valence-electron chi connectivity index (χ4n) is 9.84. The topological polar surface area (TPSA) is 40.5 Å². The highest BCUT2D eigenvalue weighted by Crippen LogP contribution is 2.75. The monoisotopic (exact) mass is 420 g/mol. The molecule has 4 saturated carbocycles. The van der Waals surface area contributed by atoms with E-state index < -0.39 is 0 Å². The lowest BCUT2D eigenvalue weighted by molar-refractivity contribution is -0.189. The maximum Gasteiger partial charge on any atom is 0.0543 e. The summed E-state index contributed by atoms with van der Waals surface area (Å²) in [5.74, 6) is 4.13. The average molecular weight is 421 g/mol. The first-order valence-electron chi connectivity index (χ1n) is 13.6. The van der Waals surface area contributed by atoms with Gasteiger partial charge >= 0.3 is 0 Å². The Labute approximate surface area is 187 Å². The summed E-state index contributed by atoms with van der Waals surface area (Å²) in [5.41, 5.74) is 1.46. The van der Waals surface area contributed by atoms with Crippen molar-refractivity contribution in [3.05, 3.63) is 0 Å². The standard InChI is InChI=1S/C26H46O2.C2H6/c1-5-18-16-23-21(24(3)12-10-20(28)17-22(18)24)11-13-25(4)19(8-7-15-27)9-14-26(23,25)6-2;1-2/h18-23,27-28H,5-17H2,1-4H3;1-2H3/t18-,19?,20+,21?,22?,23?,24?,25?,26?;/m0./s1. The van der Waals surface area contributed by atoms with Crippen LogP contribution < -0.4 is 0 Å². The number of fused-ring (bicyclic) bond motifs is 5. The van der Waals surface area contributed by atoms with Gasteiger partial charge in [0.2, 0.25) is 0 Å². The van der Waals surface area contributed by atoms with E-state index in [2.05, 4.69) is 27.7 Å². The molecule has 9 atom stereocenters. The summed E-state index contributed by atoms with van der Waals surface area (Å²) < 4.78 is 0. The van der Waals surface area contributed by atoms with Crippen LogP contribution in [0.4, 0.5) is 0 Å². The molecule has 0 aliphatic heterocycles. The van der Waals surface area contributed by atoms with Crippen LogP contribution in [0.25, 0.3) is 0 Å². The lowest BCUT2D eigenvalue weighted by Crippen LogP contribution is -2.60. The first-order chi connectivity index (χ1) is 14.4. The van der Waals surface area contributed by atoms with Crippen molar-refractivity contribution in [2.24, 2.45) is 45.8 Å². The van der Waals surface area contributed by atoms with Crippen LogP contribution in [0.2, 0.25) is 0 Å². The van der Waals surface area contributed by atoms with Gasteiger partial charge in [-0.25, -0.2) is 0 Å². The Kier molecular flexibility index (Phi) is 7.71. The lowest BCUT2D eigenvalue weighted by Gasteiger charge is -2.67. The molecule has 2 nitrogen and oxygen atoms in total. The normalized spacial score (nSPS) is 50.0. The van der Waals surface area contributed by atoms with Gasteiger partial charge in [-0.2, -0.15) is 0 Å². The molecule has 30 heavy (non-hydrogen) atoms. The minimum absolute atomic E-state index is 0.0491. The Morgan fingerprint density at radius 1 is 0.867 bits per heavy atom. The van der Waals surface area contributed by atoms with Crippen molar-refractivity contribution in [2.45, 2.75) is 125 Å². The predicted octanol–water partition coefficient (Wildman–Crippen LogP) is 7.22. The minimum Gasteiger partial charge on any atom is -0.396 e. The van der Waals surface area contributed by atoms with Crippen molar-refractivity contribution in [3.63, 3.8) is 0 Å². The maximum absolute atomic E-state index is 10.5. The van der Waals surface area contributed by atoms with Crippen molar-refractivity contribution in [1.29, 1.82) is 0 Å². The number of rotatable bonds is 5. The number of hydrogen-bond donors (Lipinski definition) is 2. The molecule has 0 spiro atoms. The third-order valence-electron chi connectivity index (χ3n) is 11.4. The zero-order valence-corrected chi connectivity index (χ0v) is 21.1. The Hall–Kier alpha value is -0.0800. The van der Waals surface area contributed by atoms with Gasteiger partial charge in [-0.1, -0.05) is 48.0 Å². The molecule has 0 aromatic carbocycles. The molecule has 4 rings (SSSR count). The van der Waals surface area contributed by atoms with Crippen molar-refractivity contribution in [3.8, 4) is 0 Å². The van der Waals surface area contributed by atoms with E-state index in [1.54, 1.807) is 0 Å². The third-order valence-corrected chi connectivity index (χ3v) is 11.4. The molecule has 176 valence electrons. The van der Waals surface area contributed by atoms with Gasteiger partial charge in [-0.3, -0.25) is 0 Å². The van der Waals surface area contributed by atoms with E-state index in [0.717, 1.165) is 48.9 Å². The Balaban J connectivity index is 0.00000124. The fourth-order valence-corrected chi connectivity index (χ4v) is 9.84. The molecular formula is C28H52O2. The summed E-state index contributed by atoms with van der Waals surface area (Å²) in [6, 6.07) is 0. The molecule has 4 fully saturated rings. The number of hydrogen-bond acceptors (Lipinski definition) is 2. The van der Waals surface area contributed by atoms with Crippen LogP contribution in [0.1, 0.15) is 119 Å². The molecule has 0 heterocycles. The first-order valence-corrected chi connectivity index (χ1v) is 13.6. The van der Waals surface area contributed by atoms with E-state index in [0.29, 0.717) is 22.9 Å². The van der Waals surface area contributed by atoms with Crippen LogP contribution in [0, 0.1) is 45.8 Å². The molecule has 2 heteroatoms. The van der Waals surface area contributed by atoms with Gasteiger partial charge in [0.1, 0.15) is 0 Å². The van der Waals surface area contributed by atoms with E-state index in [4.69, 9.17) is 0 Å². The predicted molar refractivity (Wildman–Crippen MR) is 127 cm³/mol. The van der Waals surface area contributed by atoms with Crippen LogP contribution in [0.5, 0.6) is 0 Å². The molecule has 0 radical (unpaired) electrons. The molecule has 2 N–H and O–H groups in total. The molecule has 4 aliphatic carbocycles. The van der Waals surface area contributed by atoms with Gasteiger partial charge in [-0.05, 0) is 116 Å². The van der Waals surface area contributed by atoms with Crippen LogP contribution in [0.3, 0.4) is 0 Å². The van der Waals surface area contributed by atoms with Gasteiger partial charge in [0.25, 0.3) is 0 Å². The highest BCUT2D eigenvalue weighted by atomic mass is 16.3. The largest absolute Gasteiger partial charge is 0.396 e. The van der Waals surface area contributed by atoms with E-state index in [9.17, 15) is 10.2 Å². The summed E-state index contributed by atoms with van der Waals surface area (Å²) in [6.45, 7) is 14.5. The molecule has 0 bridgehead atoms. The smallest absolute Gasteiger partial charge is 0.0543 e. The van der Waals surface area contributed by atoms with Gasteiger partial charge < -0.3 is 10.2 Å². The minimum atomic E-state index is -0.0491. The zero-order chi connectivity index (χ0) is 22.2. The van der Waals surface area contributed by atoms with Crippen molar-refractivity contribution in [1.82, 2.24) is 0 Å². The second-order valence-electron chi connectivity index (χ2n) is 11.7. The van der Waals surface area contributed by atoms with Crippen molar-refractivity contribution in [2.75, 3.05) is 6.61 Å². The molecule has 0 aromatic heterocycles. The molecular weight excluding hydrogens is 368 g/mol. The van der Waals surface area contributed by atoms with Gasteiger partial charge in [0, 0.05) is 6.61 Å². The van der Waals surface area contributed by atoms with E-state index >= 15 is 0 Å². The molecule has 4 aliphatic rings. The Morgan fingerprint density at radius 2 is 1.60 bits per heavy atom. The second kappa shape index (κ2) is 9.42. The van der Waals surface area contributed by atoms with Crippen molar-refractivity contribution >= 4 is 0 Å². The Morgan fingerprint density at radius 3 is 2.23 bits per heavy atom. The van der Waals surface area contributed by atoms with Crippen molar-refractivity contribution < 1.29 is 10.2 Å². The summed E-state index contributed by atoms with van der Waals surface area (Å²) in [5, 5.41) is 19.9. The summed E-state index contributed by atoms with van der Waals surface area (Å²) in [7, 11) is 0. The van der Waals surface area contributed by atoms with Crippen LogP contribution in [0.15, 0.2) is 0 Å². The Bertz CT molecular complexity index is 561. The zero-order valence-electron chi connectivity index (χ0n) is 21.1. The fraction of sp³-hybridized carbons (Fsp3) is 1.00. The molecule has 0 amide bonds. The van der Waals surface area contributed by atoms with Crippen LogP contribution in [-0.2, 0) is 0 Å². The van der Waals surface area contributed by atoms with E-state index in [1.165, 1.54) is 57.8 Å². The number of aliphatic hydroxyl groups is 2. The van der Waals surface area contributed by atoms with Gasteiger partial charge in [0.15, 0.2) is 0 Å². The molecule has 0 aromatic rings. The van der Waals surface area contributed by atoms with E-state index in [1.807, 2.05) is 13.8 Å². The average Bonchev–Trinajstić information content (AvgIpc) is 3.06. The van der Waals surface area contributed by atoms with Crippen LogP contribution >= 0.6 is 0 Å². The third kappa shape index (κ3) is 3.51. The second-order valence-corrected chi connectivity index (χ2v) is 11.7. The van der Waals surface area contributed by atoms with Gasteiger partial charge in [-0.15, -0.1) is 0 Å². The summed E-state index contributed by atoms with van der Waals surface area (Å²) in [4.78, 5) is 0. The lowest BCUT2D eigenvalue weighted by atomic mass is 9.38. The molecule has 0 saturated heterocycles. The molecule has 7 unspecified atom stereocenters. The highest BCUT2D eigenvalue weighted by Gasteiger charge is 2.67. The van der Waals surface area contributed by atoms with Crippen LogP contribution in [-0.4, -0.2) is 22.9 Å². The highest BCUT2D eigenvalue weighted by molar-refractivity contribution is 5.16. The van der Waals surface area contributed by atoms with Gasteiger partial charge in [0.05, 0.1) is 6.10 Å². The quantitative estimate of drug-likeness (QED) is 0.493. The first kappa shape index (κ1) is 24.6. The SMILES string of the molecule is CC.CC[C@H]1CC2C(CCC3(C)C(CCCO)CCC23CC)C2(C)CC[C@@H](O)CC12.